The summed E-state index contributed by atoms with van der Waals surface area (Å²) in [6.07, 6.45) is 24.4. The van der Waals surface area contributed by atoms with Crippen molar-refractivity contribution < 1.29 is 94.7 Å². The minimum absolute atomic E-state index is 0.0323. The summed E-state index contributed by atoms with van der Waals surface area (Å²) >= 11 is 9.53. The Morgan fingerprint density at radius 3 is 1.21 bits per heavy atom. The first-order valence-corrected chi connectivity index (χ1v) is 45.8. The number of allylic oxidation sites excluding steroid dienone is 7. The van der Waals surface area contributed by atoms with Crippen molar-refractivity contribution in [2.75, 3.05) is 62.2 Å². The van der Waals surface area contributed by atoms with Crippen molar-refractivity contribution in [1.82, 2.24) is 41.2 Å². The maximum Gasteiger partial charge on any atom is 0.261 e. The van der Waals surface area contributed by atoms with Gasteiger partial charge < -0.3 is 74.5 Å². The Kier molecular flexibility index (Phi) is 36.2. The first kappa shape index (κ1) is 103. The lowest BCUT2D eigenvalue weighted by atomic mass is 9.83. The van der Waals surface area contributed by atoms with Gasteiger partial charge in [0.15, 0.2) is 46.0 Å². The molecule has 5 aliphatic rings. The standard InChI is InChI=1S/C27H29FN2O4.2C27H27FN2O4.C27H25FN2O4.CH2Cl2/c4*1-16-21(9-18-10-24(33-2)27(32)25(11-18)34-3)20-7-6-19(28)12-23(20)22(16)13-26(31)30-15-17-5-4-8-29-14-17;2-1-3/h4-8,10-12,14,16,21-22,32H,9,13,15H2,1-3H3,(H,30,31);4-12,14,16,22,32H,13,15H2,1-3H3,(H,30,31);4-12,14,16,21-22H,13,15H2,1-3H3,(H,30,31);4-12,14,32H,13,15H2,1-3H3,(H,30,31);1H2/b;21-9-;;21-9-;. The highest BCUT2D eigenvalue weighted by Crippen LogP contribution is 2.54. The van der Waals surface area contributed by atoms with Crippen molar-refractivity contribution in [1.29, 1.82) is 0 Å². The van der Waals surface area contributed by atoms with Crippen LogP contribution in [0.4, 0.5) is 17.6 Å². The number of phenols is 3. The zero-order valence-corrected chi connectivity index (χ0v) is 80.4. The number of alkyl halides is 2. The lowest BCUT2D eigenvalue weighted by Crippen LogP contribution is -2.26. The number of hydrogen-bond donors (Lipinski definition) is 7. The van der Waals surface area contributed by atoms with Crippen LogP contribution in [-0.2, 0) is 66.0 Å². The van der Waals surface area contributed by atoms with Crippen molar-refractivity contribution in [2.24, 2.45) is 17.8 Å². The van der Waals surface area contributed by atoms with Crippen molar-refractivity contribution in [2.45, 2.75) is 116 Å². The van der Waals surface area contributed by atoms with Gasteiger partial charge in [-0.15, -0.1) is 23.2 Å². The Labute approximate surface area is 814 Å². The van der Waals surface area contributed by atoms with Crippen LogP contribution in [0.1, 0.15) is 166 Å². The van der Waals surface area contributed by atoms with Crippen LogP contribution < -0.4 is 49.7 Å². The number of halogens is 6. The van der Waals surface area contributed by atoms with E-state index in [-0.39, 0.29) is 171 Å². The Morgan fingerprint density at radius 2 is 0.784 bits per heavy atom. The molecule has 0 fully saturated rings. The summed E-state index contributed by atoms with van der Waals surface area (Å²) in [6.45, 7) is 9.68. The highest BCUT2D eigenvalue weighted by atomic mass is 35.5. The van der Waals surface area contributed by atoms with E-state index in [9.17, 15) is 56.9 Å². The van der Waals surface area contributed by atoms with Gasteiger partial charge >= 0.3 is 0 Å². The molecule has 0 saturated carbocycles. The molecule has 0 saturated heterocycles. The van der Waals surface area contributed by atoms with Gasteiger partial charge in [0.2, 0.25) is 40.9 Å². The molecule has 4 aromatic heterocycles. The minimum atomic E-state index is -0.367. The average Bonchev–Trinajstić information content (AvgIpc) is 1.63. The summed E-state index contributed by atoms with van der Waals surface area (Å²) < 4.78 is 98.8. The van der Waals surface area contributed by atoms with Crippen molar-refractivity contribution in [3.05, 3.63) is 355 Å². The summed E-state index contributed by atoms with van der Waals surface area (Å²) in [6, 6.07) is 44.2. The Hall–Kier alpha value is -14.8. The zero-order chi connectivity index (χ0) is 99.7. The fourth-order valence-electron chi connectivity index (χ4n) is 18.2. The number of ether oxygens (including phenoxy) is 8. The molecule has 5 aliphatic carbocycles. The number of rotatable bonds is 29. The molecule has 0 aliphatic heterocycles. The number of carbonyl (C=O) groups excluding carboxylic acids is 5. The number of hydrogen-bond acceptors (Lipinski definition) is 20. The predicted octanol–water partition coefficient (Wildman–Crippen LogP) is 20.3. The number of methoxy groups -OCH3 is 8. The molecule has 7 aromatic carbocycles. The Bertz CT molecular complexity index is 6340. The van der Waals surface area contributed by atoms with E-state index in [1.807, 2.05) is 86.7 Å². The summed E-state index contributed by atoms with van der Waals surface area (Å²) in [5, 5.41) is 42.6. The summed E-state index contributed by atoms with van der Waals surface area (Å²) in [4.78, 5) is 79.6. The van der Waals surface area contributed by atoms with Gasteiger partial charge in [-0.25, -0.2) is 17.6 Å². The van der Waals surface area contributed by atoms with Crippen LogP contribution in [0, 0.1) is 41.0 Å². The molecule has 0 bridgehead atoms. The van der Waals surface area contributed by atoms with E-state index in [1.165, 1.54) is 99.3 Å². The van der Waals surface area contributed by atoms with Gasteiger partial charge in [-0.2, -0.15) is 0 Å². The largest absolute Gasteiger partial charge is 0.502 e. The minimum Gasteiger partial charge on any atom is -0.502 e. The third-order valence-corrected chi connectivity index (χ3v) is 25.3. The molecule has 0 radical (unpaired) electrons. The topological polar surface area (TPSA) is 320 Å². The molecule has 8 atom stereocenters. The summed E-state index contributed by atoms with van der Waals surface area (Å²) in [5.74, 6) is -0.406. The number of Topliss-reactive ketones (excluding diaryl/α,β-unsaturated/α-hetero) is 1. The number of amides is 4. The lowest BCUT2D eigenvalue weighted by Gasteiger charge is -2.22. The second-order valence-corrected chi connectivity index (χ2v) is 34.5. The fraction of sp³-hybridized carbons (Fsp3) is 0.275. The number of carbonyl (C=O) groups is 5. The molecule has 11 aromatic rings. The maximum atomic E-state index is 14.2. The first-order chi connectivity index (χ1) is 67.0. The van der Waals surface area contributed by atoms with Crippen molar-refractivity contribution in [3.8, 4) is 51.7 Å². The fourth-order valence-corrected chi connectivity index (χ4v) is 18.2. The van der Waals surface area contributed by atoms with Gasteiger partial charge in [0, 0.05) is 101 Å². The SMILES string of the molecule is COC1=CC(=CC2c3ccc(F)cc3C(CC(=O)NCc3cccnc3)C2C)C=C(OC)C1=O.COc1cc(/C=C2/C(C)=C(CC(=O)NCc3cccnc3)c3cc(F)ccc32)cc(OC)c1O.COc1cc(/C=C2\c3ccc(F)cc3C(CC(=O)NCc3cccnc3)C2C)cc(OC)c1O.COc1cc(CC2c3ccc(F)cc3C(CC(=O)NCc3cccnc3)C2C)cc(OC)c1O.ClCCl. The highest BCUT2D eigenvalue weighted by molar-refractivity contribution is 6.40. The van der Waals surface area contributed by atoms with Gasteiger partial charge in [-0.3, -0.25) is 43.9 Å². The van der Waals surface area contributed by atoms with E-state index in [4.69, 9.17) is 61.1 Å². The number of benzene rings is 7. The van der Waals surface area contributed by atoms with E-state index < -0.39 is 0 Å². The average molecular weight is 1940 g/mol. The van der Waals surface area contributed by atoms with Crippen LogP contribution in [-0.4, -0.2) is 127 Å². The van der Waals surface area contributed by atoms with Crippen molar-refractivity contribution in [3.63, 3.8) is 0 Å². The molecule has 24 nitrogen and oxygen atoms in total. The molecule has 0 spiro atoms. The normalized spacial score (nSPS) is 17.7. The first-order valence-electron chi connectivity index (χ1n) is 44.7. The third kappa shape index (κ3) is 25.7. The number of nitrogens with one attached hydrogen (secondary N) is 4. The number of ketones is 1. The third-order valence-electron chi connectivity index (χ3n) is 25.3. The molecule has 4 heterocycles. The van der Waals surface area contributed by atoms with Gasteiger partial charge in [0.05, 0.1) is 68.6 Å². The molecular weight excluding hydrogens is 1820 g/mol. The summed E-state index contributed by atoms with van der Waals surface area (Å²) in [5.41, 5.74) is 17.3. The Morgan fingerprint density at radius 1 is 0.410 bits per heavy atom. The van der Waals surface area contributed by atoms with E-state index in [1.54, 1.807) is 122 Å². The molecule has 30 heteroatoms. The zero-order valence-electron chi connectivity index (χ0n) is 78.9. The van der Waals surface area contributed by atoms with Crippen LogP contribution in [0.2, 0.25) is 0 Å². The molecule has 8 unspecified atom stereocenters. The molecular formula is C109H110Cl2F4N8O16. The van der Waals surface area contributed by atoms with E-state index >= 15 is 0 Å². The smallest absolute Gasteiger partial charge is 0.261 e. The van der Waals surface area contributed by atoms with E-state index in [0.29, 0.717) is 61.2 Å². The van der Waals surface area contributed by atoms with Crippen LogP contribution in [0.5, 0.6) is 51.7 Å². The van der Waals surface area contributed by atoms with E-state index in [0.717, 1.165) is 106 Å². The quantitative estimate of drug-likeness (QED) is 0.0169. The Balaban J connectivity index is 0.000000164. The second kappa shape index (κ2) is 48.8. The van der Waals surface area contributed by atoms with Crippen LogP contribution in [0.25, 0.3) is 28.9 Å². The number of phenolic OH excluding ortho intramolecular Hbond substituents is 3. The maximum absolute atomic E-state index is 14.2. The number of fused-ring (bicyclic) bond motifs is 4. The van der Waals surface area contributed by atoms with Gasteiger partial charge in [0.1, 0.15) is 23.3 Å². The molecule has 139 heavy (non-hydrogen) atoms. The van der Waals surface area contributed by atoms with Crippen LogP contribution in [0.3, 0.4) is 0 Å². The predicted molar refractivity (Wildman–Crippen MR) is 525 cm³/mol. The number of aromatic hydroxyl groups is 3. The molecule has 16 rings (SSSR count). The number of pyridine rings is 4. The van der Waals surface area contributed by atoms with Gasteiger partial charge in [-0.05, 0) is 294 Å². The van der Waals surface area contributed by atoms with Gasteiger partial charge in [0.25, 0.3) is 5.78 Å². The van der Waals surface area contributed by atoms with Crippen molar-refractivity contribution >= 4 is 81.5 Å². The number of aromatic nitrogens is 4. The van der Waals surface area contributed by atoms with Crippen LogP contribution >= 0.6 is 23.2 Å². The monoisotopic (exact) mass is 1930 g/mol. The van der Waals surface area contributed by atoms with Gasteiger partial charge in [-0.1, -0.05) is 81.5 Å². The molecule has 4 amide bonds. The molecule has 724 valence electrons. The van der Waals surface area contributed by atoms with E-state index in [2.05, 4.69) is 55.1 Å². The number of nitrogens with zero attached hydrogens (tertiary/aromatic N) is 4. The van der Waals surface area contributed by atoms with Crippen LogP contribution in [0.15, 0.2) is 248 Å². The lowest BCUT2D eigenvalue weighted by molar-refractivity contribution is -0.122. The summed E-state index contributed by atoms with van der Waals surface area (Å²) in [7, 11) is 11.7. The second-order valence-electron chi connectivity index (χ2n) is 33.7. The molecule has 7 N–H and O–H groups in total. The highest BCUT2D eigenvalue weighted by Gasteiger charge is 2.42.